The molecule has 100 valence electrons. The maximum Gasteiger partial charge on any atom is 0.134 e. The Kier molecular flexibility index (Phi) is 4.04. The van der Waals surface area contributed by atoms with Gasteiger partial charge >= 0.3 is 0 Å². The van der Waals surface area contributed by atoms with Crippen molar-refractivity contribution >= 4 is 11.6 Å². The van der Waals surface area contributed by atoms with Gasteiger partial charge in [-0.2, -0.15) is 0 Å². The summed E-state index contributed by atoms with van der Waals surface area (Å²) >= 11 is 0. The second kappa shape index (κ2) is 5.55. The van der Waals surface area contributed by atoms with Crippen LogP contribution < -0.4 is 10.2 Å². The molecule has 4 heteroatoms. The smallest absolute Gasteiger partial charge is 0.134 e. The molecule has 0 spiro atoms. The lowest BCUT2D eigenvalue weighted by molar-refractivity contribution is 0.361. The van der Waals surface area contributed by atoms with Crippen LogP contribution in [0.4, 0.5) is 11.6 Å². The Morgan fingerprint density at radius 3 is 2.89 bits per heavy atom. The summed E-state index contributed by atoms with van der Waals surface area (Å²) in [6.45, 7) is 10.7. The molecule has 0 aliphatic carbocycles. The molecule has 0 amide bonds. The first-order valence-electron chi connectivity index (χ1n) is 6.98. The fourth-order valence-corrected chi connectivity index (χ4v) is 2.63. The van der Waals surface area contributed by atoms with Crippen LogP contribution in [0.5, 0.6) is 0 Å². The molecule has 4 nitrogen and oxygen atoms in total. The Morgan fingerprint density at radius 2 is 2.17 bits per heavy atom. The zero-order valence-corrected chi connectivity index (χ0v) is 11.9. The second-order valence-electron chi connectivity index (χ2n) is 5.24. The van der Waals surface area contributed by atoms with E-state index in [1.54, 1.807) is 0 Å². The van der Waals surface area contributed by atoms with Gasteiger partial charge in [0.05, 0.1) is 0 Å². The molecule has 0 saturated carbocycles. The lowest BCUT2D eigenvalue weighted by atomic mass is 9.92. The molecule has 1 aromatic heterocycles. The van der Waals surface area contributed by atoms with Gasteiger partial charge in [-0.25, -0.2) is 9.97 Å². The largest absolute Gasteiger partial charge is 0.370 e. The van der Waals surface area contributed by atoms with Gasteiger partial charge in [0.25, 0.3) is 0 Å². The summed E-state index contributed by atoms with van der Waals surface area (Å²) in [6, 6.07) is 2.63. The van der Waals surface area contributed by atoms with Crippen molar-refractivity contribution in [3.63, 3.8) is 0 Å². The molecule has 1 saturated heterocycles. The minimum absolute atomic E-state index is 0.558. The van der Waals surface area contributed by atoms with Crippen molar-refractivity contribution in [1.29, 1.82) is 0 Å². The van der Waals surface area contributed by atoms with Gasteiger partial charge in [0, 0.05) is 25.2 Å². The van der Waals surface area contributed by atoms with Crippen LogP contribution in [0.3, 0.4) is 0 Å². The molecule has 1 aromatic rings. The Labute approximate surface area is 110 Å². The molecule has 0 radical (unpaired) electrons. The first-order chi connectivity index (χ1) is 8.61. The molecule has 1 fully saturated rings. The molecule has 2 rings (SSSR count). The monoisotopic (exact) mass is 248 g/mol. The number of hydrogen-bond donors (Lipinski definition) is 1. The van der Waals surface area contributed by atoms with Gasteiger partial charge in [0.1, 0.15) is 17.5 Å². The molecular weight excluding hydrogens is 224 g/mol. The standard InChI is InChI=1S/C14H24N4/c1-5-15-13-9-14(17-12(4)16-13)18-8-6-7-10(2)11(18)3/h9-11H,5-8H2,1-4H3,(H,15,16,17). The minimum Gasteiger partial charge on any atom is -0.370 e. The van der Waals surface area contributed by atoms with Crippen molar-refractivity contribution in [2.75, 3.05) is 23.3 Å². The first kappa shape index (κ1) is 13.1. The maximum atomic E-state index is 4.60. The highest BCUT2D eigenvalue weighted by Gasteiger charge is 2.26. The van der Waals surface area contributed by atoms with Gasteiger partial charge in [-0.3, -0.25) is 0 Å². The summed E-state index contributed by atoms with van der Waals surface area (Å²) in [7, 11) is 0. The molecule has 0 aromatic carbocycles. The molecule has 1 aliphatic rings. The molecule has 1 aliphatic heterocycles. The molecular formula is C14H24N4. The van der Waals surface area contributed by atoms with E-state index in [0.717, 1.165) is 36.5 Å². The summed E-state index contributed by atoms with van der Waals surface area (Å²) in [5.74, 6) is 3.58. The van der Waals surface area contributed by atoms with Gasteiger partial charge in [0.15, 0.2) is 0 Å². The average Bonchev–Trinajstić information content (AvgIpc) is 2.32. The third kappa shape index (κ3) is 2.74. The quantitative estimate of drug-likeness (QED) is 0.893. The van der Waals surface area contributed by atoms with Gasteiger partial charge in [-0.15, -0.1) is 0 Å². The number of piperidine rings is 1. The number of nitrogens with one attached hydrogen (secondary N) is 1. The number of hydrogen-bond acceptors (Lipinski definition) is 4. The highest BCUT2D eigenvalue weighted by atomic mass is 15.2. The summed E-state index contributed by atoms with van der Waals surface area (Å²) in [5.41, 5.74) is 0. The van der Waals surface area contributed by atoms with E-state index in [-0.39, 0.29) is 0 Å². The zero-order valence-electron chi connectivity index (χ0n) is 11.9. The lowest BCUT2D eigenvalue weighted by Gasteiger charge is -2.38. The van der Waals surface area contributed by atoms with Crippen LogP contribution in [0, 0.1) is 12.8 Å². The van der Waals surface area contributed by atoms with Crippen LogP contribution in [0.2, 0.25) is 0 Å². The predicted molar refractivity (Wildman–Crippen MR) is 76.1 cm³/mol. The highest BCUT2D eigenvalue weighted by molar-refractivity contribution is 5.50. The summed E-state index contributed by atoms with van der Waals surface area (Å²) in [6.07, 6.45) is 2.58. The summed E-state index contributed by atoms with van der Waals surface area (Å²) in [5, 5.41) is 3.28. The average molecular weight is 248 g/mol. The number of aryl methyl sites for hydroxylation is 1. The third-order valence-corrected chi connectivity index (χ3v) is 3.85. The van der Waals surface area contributed by atoms with Crippen LogP contribution >= 0.6 is 0 Å². The Balaban J connectivity index is 2.26. The minimum atomic E-state index is 0.558. The lowest BCUT2D eigenvalue weighted by Crippen LogP contribution is -2.43. The normalized spacial score (nSPS) is 24.1. The van der Waals surface area contributed by atoms with Gasteiger partial charge in [-0.05, 0) is 39.5 Å². The number of nitrogens with zero attached hydrogens (tertiary/aromatic N) is 3. The van der Waals surface area contributed by atoms with E-state index in [0.29, 0.717) is 6.04 Å². The van der Waals surface area contributed by atoms with Gasteiger partial charge in [0.2, 0.25) is 0 Å². The van der Waals surface area contributed by atoms with E-state index in [1.165, 1.54) is 12.8 Å². The van der Waals surface area contributed by atoms with E-state index < -0.39 is 0 Å². The Bertz CT molecular complexity index is 405. The van der Waals surface area contributed by atoms with E-state index in [1.807, 2.05) is 6.92 Å². The Morgan fingerprint density at radius 1 is 1.39 bits per heavy atom. The van der Waals surface area contributed by atoms with Crippen molar-refractivity contribution in [2.24, 2.45) is 5.92 Å². The summed E-state index contributed by atoms with van der Waals surface area (Å²) in [4.78, 5) is 11.4. The number of anilines is 2. The Hall–Kier alpha value is -1.32. The van der Waals surface area contributed by atoms with Crippen LogP contribution in [0.25, 0.3) is 0 Å². The molecule has 1 N–H and O–H groups in total. The van der Waals surface area contributed by atoms with Crippen molar-refractivity contribution in [1.82, 2.24) is 9.97 Å². The molecule has 2 atom stereocenters. The van der Waals surface area contributed by atoms with Crippen LogP contribution in [-0.2, 0) is 0 Å². The third-order valence-electron chi connectivity index (χ3n) is 3.85. The fraction of sp³-hybridized carbons (Fsp3) is 0.714. The molecule has 0 bridgehead atoms. The first-order valence-corrected chi connectivity index (χ1v) is 6.98. The van der Waals surface area contributed by atoms with Crippen molar-refractivity contribution in [3.05, 3.63) is 11.9 Å². The van der Waals surface area contributed by atoms with Crippen LogP contribution in [0.15, 0.2) is 6.07 Å². The predicted octanol–water partition coefficient (Wildman–Crippen LogP) is 2.84. The highest BCUT2D eigenvalue weighted by Crippen LogP contribution is 2.28. The van der Waals surface area contributed by atoms with E-state index in [9.17, 15) is 0 Å². The van der Waals surface area contributed by atoms with Gasteiger partial charge < -0.3 is 10.2 Å². The molecule has 2 unspecified atom stereocenters. The molecule has 2 heterocycles. The van der Waals surface area contributed by atoms with E-state index >= 15 is 0 Å². The van der Waals surface area contributed by atoms with Crippen molar-refractivity contribution < 1.29 is 0 Å². The SMILES string of the molecule is CCNc1cc(N2CCCC(C)C2C)nc(C)n1. The van der Waals surface area contributed by atoms with E-state index in [4.69, 9.17) is 0 Å². The second-order valence-corrected chi connectivity index (χ2v) is 5.24. The number of rotatable bonds is 3. The zero-order chi connectivity index (χ0) is 13.1. The van der Waals surface area contributed by atoms with E-state index in [2.05, 4.69) is 47.0 Å². The fourth-order valence-electron chi connectivity index (χ4n) is 2.63. The summed E-state index contributed by atoms with van der Waals surface area (Å²) < 4.78 is 0. The van der Waals surface area contributed by atoms with Crippen molar-refractivity contribution in [3.8, 4) is 0 Å². The van der Waals surface area contributed by atoms with Crippen LogP contribution in [-0.4, -0.2) is 29.1 Å². The molecule has 18 heavy (non-hydrogen) atoms. The maximum absolute atomic E-state index is 4.60. The van der Waals surface area contributed by atoms with Crippen molar-refractivity contribution in [2.45, 2.75) is 46.6 Å². The topological polar surface area (TPSA) is 41.0 Å². The number of aromatic nitrogens is 2. The van der Waals surface area contributed by atoms with Crippen LogP contribution in [0.1, 0.15) is 39.4 Å². The van der Waals surface area contributed by atoms with Gasteiger partial charge in [-0.1, -0.05) is 6.92 Å².